The van der Waals surface area contributed by atoms with Crippen LogP contribution in [0.4, 0.5) is 5.69 Å². The second-order valence-corrected chi connectivity index (χ2v) is 5.08. The minimum absolute atomic E-state index is 0.136. The molecule has 0 fully saturated rings. The molecule has 2 rings (SSSR count). The summed E-state index contributed by atoms with van der Waals surface area (Å²) in [6.45, 7) is 1.73. The fourth-order valence-electron chi connectivity index (χ4n) is 1.58. The van der Waals surface area contributed by atoms with Crippen molar-refractivity contribution in [2.75, 3.05) is 11.9 Å². The average molecular weight is 290 g/mol. The minimum Gasteiger partial charge on any atom is -0.484 e. The van der Waals surface area contributed by atoms with Gasteiger partial charge in [0.1, 0.15) is 5.75 Å². The summed E-state index contributed by atoms with van der Waals surface area (Å²) in [5.41, 5.74) is 6.60. The molecule has 5 nitrogen and oxygen atoms in total. The average Bonchev–Trinajstić information content (AvgIpc) is 2.84. The van der Waals surface area contributed by atoms with E-state index in [0.717, 1.165) is 5.56 Å². The highest BCUT2D eigenvalue weighted by Gasteiger charge is 2.10. The van der Waals surface area contributed by atoms with E-state index in [4.69, 9.17) is 10.5 Å². The topological polar surface area (TPSA) is 81.4 Å². The number of carbonyl (C=O) groups excluding carboxylic acids is 2. The second kappa shape index (κ2) is 6.21. The SMILES string of the molecule is Cc1ccsc1C(=O)Nc1ccc(OCC(N)=O)cc1. The first kappa shape index (κ1) is 14.1. The number of ether oxygens (including phenoxy) is 1. The van der Waals surface area contributed by atoms with Crippen LogP contribution < -0.4 is 15.8 Å². The van der Waals surface area contributed by atoms with Gasteiger partial charge in [0.25, 0.3) is 11.8 Å². The summed E-state index contributed by atoms with van der Waals surface area (Å²) >= 11 is 1.40. The molecular weight excluding hydrogens is 276 g/mol. The zero-order valence-corrected chi connectivity index (χ0v) is 11.7. The van der Waals surface area contributed by atoms with Gasteiger partial charge in [-0.15, -0.1) is 11.3 Å². The van der Waals surface area contributed by atoms with E-state index in [1.54, 1.807) is 24.3 Å². The lowest BCUT2D eigenvalue weighted by molar-refractivity contribution is -0.119. The molecule has 0 aliphatic heterocycles. The number of rotatable bonds is 5. The van der Waals surface area contributed by atoms with Crippen molar-refractivity contribution < 1.29 is 14.3 Å². The molecule has 0 spiro atoms. The van der Waals surface area contributed by atoms with Gasteiger partial charge in [-0.1, -0.05) is 0 Å². The van der Waals surface area contributed by atoms with Gasteiger partial charge in [-0.3, -0.25) is 9.59 Å². The lowest BCUT2D eigenvalue weighted by Crippen LogP contribution is -2.20. The lowest BCUT2D eigenvalue weighted by atomic mass is 10.2. The van der Waals surface area contributed by atoms with Crippen molar-refractivity contribution in [3.8, 4) is 5.75 Å². The zero-order chi connectivity index (χ0) is 14.5. The molecule has 6 heteroatoms. The van der Waals surface area contributed by atoms with Crippen LogP contribution in [-0.4, -0.2) is 18.4 Å². The number of carbonyl (C=O) groups is 2. The van der Waals surface area contributed by atoms with Gasteiger partial charge in [-0.05, 0) is 48.2 Å². The number of primary amides is 1. The first-order valence-electron chi connectivity index (χ1n) is 5.93. The molecule has 0 saturated carbocycles. The molecule has 0 atom stereocenters. The molecule has 20 heavy (non-hydrogen) atoms. The number of benzene rings is 1. The molecule has 0 bridgehead atoms. The van der Waals surface area contributed by atoms with Gasteiger partial charge < -0.3 is 15.8 Å². The molecule has 2 aromatic rings. The van der Waals surface area contributed by atoms with Crippen molar-refractivity contribution >= 4 is 28.8 Å². The van der Waals surface area contributed by atoms with Crippen LogP contribution in [0, 0.1) is 6.92 Å². The Hall–Kier alpha value is -2.34. The van der Waals surface area contributed by atoms with Crippen LogP contribution >= 0.6 is 11.3 Å². The van der Waals surface area contributed by atoms with Gasteiger partial charge in [-0.2, -0.15) is 0 Å². The molecule has 104 valence electrons. The number of hydrogen-bond donors (Lipinski definition) is 2. The number of nitrogens with two attached hydrogens (primary N) is 1. The van der Waals surface area contributed by atoms with E-state index in [9.17, 15) is 9.59 Å². The molecule has 0 saturated heterocycles. The molecule has 0 radical (unpaired) electrons. The van der Waals surface area contributed by atoms with Gasteiger partial charge in [-0.25, -0.2) is 0 Å². The van der Waals surface area contributed by atoms with Crippen LogP contribution in [0.15, 0.2) is 35.7 Å². The van der Waals surface area contributed by atoms with Gasteiger partial charge >= 0.3 is 0 Å². The van der Waals surface area contributed by atoms with Crippen LogP contribution in [0.2, 0.25) is 0 Å². The third kappa shape index (κ3) is 3.58. The van der Waals surface area contributed by atoms with E-state index in [2.05, 4.69) is 5.32 Å². The van der Waals surface area contributed by atoms with E-state index in [1.807, 2.05) is 18.4 Å². The molecular formula is C14H14N2O3S. The Morgan fingerprint density at radius 1 is 1.25 bits per heavy atom. The molecule has 0 unspecified atom stereocenters. The number of aryl methyl sites for hydroxylation is 1. The predicted octanol–water partition coefficient (Wildman–Crippen LogP) is 2.17. The maximum absolute atomic E-state index is 12.0. The maximum atomic E-state index is 12.0. The van der Waals surface area contributed by atoms with Crippen molar-refractivity contribution in [1.82, 2.24) is 0 Å². The van der Waals surface area contributed by atoms with Gasteiger partial charge in [0, 0.05) is 5.69 Å². The Morgan fingerprint density at radius 3 is 2.50 bits per heavy atom. The first-order valence-corrected chi connectivity index (χ1v) is 6.81. The highest BCUT2D eigenvalue weighted by molar-refractivity contribution is 7.12. The molecule has 1 aromatic heterocycles. The third-order valence-electron chi connectivity index (χ3n) is 2.56. The molecule has 2 amide bonds. The Bertz CT molecular complexity index is 620. The maximum Gasteiger partial charge on any atom is 0.265 e. The Kier molecular flexibility index (Phi) is 4.37. The number of thiophene rings is 1. The molecule has 3 N–H and O–H groups in total. The number of hydrogen-bond acceptors (Lipinski definition) is 4. The molecule has 1 heterocycles. The second-order valence-electron chi connectivity index (χ2n) is 4.17. The third-order valence-corrected chi connectivity index (χ3v) is 3.58. The van der Waals surface area contributed by atoms with Crippen molar-refractivity contribution in [1.29, 1.82) is 0 Å². The summed E-state index contributed by atoms with van der Waals surface area (Å²) in [6, 6.07) is 8.65. The van der Waals surface area contributed by atoms with Crippen LogP contribution in [0.1, 0.15) is 15.2 Å². The lowest BCUT2D eigenvalue weighted by Gasteiger charge is -2.07. The van der Waals surface area contributed by atoms with Crippen LogP contribution in [0.3, 0.4) is 0 Å². The molecule has 0 aliphatic carbocycles. The summed E-state index contributed by atoms with van der Waals surface area (Å²) in [4.78, 5) is 23.3. The predicted molar refractivity (Wildman–Crippen MR) is 78.1 cm³/mol. The Morgan fingerprint density at radius 2 is 1.95 bits per heavy atom. The van der Waals surface area contributed by atoms with Crippen LogP contribution in [0.25, 0.3) is 0 Å². The largest absolute Gasteiger partial charge is 0.484 e. The Balaban J connectivity index is 1.99. The Labute approximate surface area is 120 Å². The van der Waals surface area contributed by atoms with Gasteiger partial charge in [0.05, 0.1) is 4.88 Å². The fourth-order valence-corrected chi connectivity index (χ4v) is 2.40. The smallest absolute Gasteiger partial charge is 0.265 e. The first-order chi connectivity index (χ1) is 9.56. The van der Waals surface area contributed by atoms with E-state index >= 15 is 0 Å². The molecule has 0 aliphatic rings. The van der Waals surface area contributed by atoms with E-state index in [-0.39, 0.29) is 12.5 Å². The quantitative estimate of drug-likeness (QED) is 0.885. The van der Waals surface area contributed by atoms with Crippen molar-refractivity contribution in [2.24, 2.45) is 5.73 Å². The summed E-state index contributed by atoms with van der Waals surface area (Å²) < 4.78 is 5.13. The van der Waals surface area contributed by atoms with Crippen molar-refractivity contribution in [2.45, 2.75) is 6.92 Å². The van der Waals surface area contributed by atoms with Gasteiger partial charge in [0.2, 0.25) is 0 Å². The summed E-state index contributed by atoms with van der Waals surface area (Å²) in [5, 5.41) is 4.68. The van der Waals surface area contributed by atoms with Gasteiger partial charge in [0.15, 0.2) is 6.61 Å². The standard InChI is InChI=1S/C14H14N2O3S/c1-9-6-7-20-13(9)14(18)16-10-2-4-11(5-3-10)19-8-12(15)17/h2-7H,8H2,1H3,(H2,15,17)(H,16,18). The zero-order valence-electron chi connectivity index (χ0n) is 10.9. The van der Waals surface area contributed by atoms with Crippen LogP contribution in [-0.2, 0) is 4.79 Å². The molecule has 1 aromatic carbocycles. The van der Waals surface area contributed by atoms with E-state index in [1.165, 1.54) is 11.3 Å². The van der Waals surface area contributed by atoms with Crippen LogP contribution in [0.5, 0.6) is 5.75 Å². The summed E-state index contributed by atoms with van der Waals surface area (Å²) in [6.07, 6.45) is 0. The minimum atomic E-state index is -0.532. The van der Waals surface area contributed by atoms with E-state index in [0.29, 0.717) is 16.3 Å². The fraction of sp³-hybridized carbons (Fsp3) is 0.143. The number of nitrogens with one attached hydrogen (secondary N) is 1. The van der Waals surface area contributed by atoms with Crippen molar-refractivity contribution in [3.05, 3.63) is 46.2 Å². The monoisotopic (exact) mass is 290 g/mol. The summed E-state index contributed by atoms with van der Waals surface area (Å²) in [7, 11) is 0. The highest BCUT2D eigenvalue weighted by Crippen LogP contribution is 2.19. The summed E-state index contributed by atoms with van der Waals surface area (Å²) in [5.74, 6) is -0.145. The highest BCUT2D eigenvalue weighted by atomic mass is 32.1. The normalized spacial score (nSPS) is 10.1. The van der Waals surface area contributed by atoms with Crippen molar-refractivity contribution in [3.63, 3.8) is 0 Å². The number of anilines is 1. The van der Waals surface area contributed by atoms with E-state index < -0.39 is 5.91 Å². The number of amides is 2.